The minimum atomic E-state index is 0.304. The molecule has 0 amide bonds. The highest BCUT2D eigenvalue weighted by Gasteiger charge is 2.15. The Bertz CT molecular complexity index is 554. The van der Waals surface area contributed by atoms with Crippen molar-refractivity contribution >= 4 is 11.3 Å². The fourth-order valence-corrected chi connectivity index (χ4v) is 2.72. The van der Waals surface area contributed by atoms with Gasteiger partial charge in [-0.25, -0.2) is 4.98 Å². The van der Waals surface area contributed by atoms with Crippen LogP contribution in [0.3, 0.4) is 0 Å². The molecule has 2 N–H and O–H groups in total. The van der Waals surface area contributed by atoms with Crippen LogP contribution in [-0.2, 0) is 6.42 Å². The van der Waals surface area contributed by atoms with Crippen LogP contribution in [0.4, 0.5) is 0 Å². The van der Waals surface area contributed by atoms with Crippen molar-refractivity contribution in [3.05, 3.63) is 29.3 Å². The Balaban J connectivity index is 1.83. The van der Waals surface area contributed by atoms with Gasteiger partial charge in [-0.3, -0.25) is 0 Å². The number of fused-ring (bicyclic) bond motifs is 1. The van der Waals surface area contributed by atoms with E-state index in [2.05, 4.69) is 10.4 Å². The van der Waals surface area contributed by atoms with Gasteiger partial charge in [-0.05, 0) is 37.6 Å². The van der Waals surface area contributed by atoms with Crippen molar-refractivity contribution in [2.24, 2.45) is 5.73 Å². The van der Waals surface area contributed by atoms with Gasteiger partial charge in [0.25, 0.3) is 0 Å². The summed E-state index contributed by atoms with van der Waals surface area (Å²) in [6.45, 7) is 1.01. The molecule has 0 spiro atoms. The summed E-state index contributed by atoms with van der Waals surface area (Å²) in [5.41, 5.74) is 7.68. The van der Waals surface area contributed by atoms with E-state index in [0.717, 1.165) is 40.6 Å². The van der Waals surface area contributed by atoms with Gasteiger partial charge in [-0.15, -0.1) is 11.3 Å². The number of nitrogens with two attached hydrogens (primary N) is 1. The molecule has 0 saturated heterocycles. The zero-order chi connectivity index (χ0) is 12.4. The Hall–Kier alpha value is -1.59. The van der Waals surface area contributed by atoms with Crippen molar-refractivity contribution in [2.75, 3.05) is 13.3 Å². The summed E-state index contributed by atoms with van der Waals surface area (Å²) in [7, 11) is 0. The van der Waals surface area contributed by atoms with Gasteiger partial charge in [0.05, 0.1) is 5.69 Å². The summed E-state index contributed by atoms with van der Waals surface area (Å²) in [5, 5.41) is 3.11. The van der Waals surface area contributed by atoms with Crippen LogP contribution in [0.15, 0.2) is 23.6 Å². The lowest BCUT2D eigenvalue weighted by atomic mass is 10.2. The molecule has 1 aromatic carbocycles. The van der Waals surface area contributed by atoms with E-state index in [0.29, 0.717) is 13.3 Å². The maximum absolute atomic E-state index is 5.50. The van der Waals surface area contributed by atoms with Crippen LogP contribution in [0.5, 0.6) is 11.5 Å². The predicted octanol–water partition coefficient (Wildman–Crippen LogP) is 2.43. The van der Waals surface area contributed by atoms with Crippen LogP contribution in [0.1, 0.15) is 12.1 Å². The largest absolute Gasteiger partial charge is 0.454 e. The topological polar surface area (TPSA) is 57.4 Å². The van der Waals surface area contributed by atoms with E-state index in [1.54, 1.807) is 11.3 Å². The second kappa shape index (κ2) is 4.96. The minimum absolute atomic E-state index is 0.304. The molecule has 0 bridgehead atoms. The Labute approximate surface area is 109 Å². The molecule has 1 aliphatic heterocycles. The number of ether oxygens (including phenoxy) is 2. The highest BCUT2D eigenvalue weighted by molar-refractivity contribution is 7.13. The molecular weight excluding hydrogens is 248 g/mol. The third kappa shape index (κ3) is 2.19. The molecule has 0 aliphatic carbocycles. The number of hydrogen-bond donors (Lipinski definition) is 1. The second-order valence-electron chi connectivity index (χ2n) is 4.10. The van der Waals surface area contributed by atoms with E-state index >= 15 is 0 Å². The lowest BCUT2D eigenvalue weighted by Gasteiger charge is -1.99. The number of nitrogens with zero attached hydrogens (tertiary/aromatic N) is 1. The molecule has 0 atom stereocenters. The summed E-state index contributed by atoms with van der Waals surface area (Å²) < 4.78 is 10.7. The van der Waals surface area contributed by atoms with E-state index in [4.69, 9.17) is 15.2 Å². The number of thiazole rings is 1. The maximum Gasteiger partial charge on any atom is 0.231 e. The van der Waals surface area contributed by atoms with Crippen molar-refractivity contribution in [2.45, 2.75) is 12.8 Å². The maximum atomic E-state index is 5.50. The highest BCUT2D eigenvalue weighted by Crippen LogP contribution is 2.36. The second-order valence-corrected chi connectivity index (χ2v) is 4.96. The Morgan fingerprint density at radius 3 is 3.06 bits per heavy atom. The number of hydrogen-bond acceptors (Lipinski definition) is 5. The van der Waals surface area contributed by atoms with Crippen molar-refractivity contribution in [3.63, 3.8) is 0 Å². The summed E-state index contributed by atoms with van der Waals surface area (Å²) in [5.74, 6) is 1.60. The Morgan fingerprint density at radius 2 is 2.17 bits per heavy atom. The molecule has 1 aliphatic rings. The number of rotatable bonds is 4. The normalized spacial score (nSPS) is 12.9. The summed E-state index contributed by atoms with van der Waals surface area (Å²) >= 11 is 1.65. The molecule has 2 aromatic rings. The van der Waals surface area contributed by atoms with E-state index < -0.39 is 0 Å². The van der Waals surface area contributed by atoms with Gasteiger partial charge in [0.1, 0.15) is 5.01 Å². The first kappa shape index (κ1) is 11.5. The van der Waals surface area contributed by atoms with Crippen LogP contribution in [-0.4, -0.2) is 18.3 Å². The van der Waals surface area contributed by atoms with Crippen LogP contribution < -0.4 is 15.2 Å². The first-order valence-electron chi connectivity index (χ1n) is 5.91. The number of aryl methyl sites for hydroxylation is 1. The van der Waals surface area contributed by atoms with Crippen molar-refractivity contribution in [1.82, 2.24) is 4.98 Å². The molecule has 4 nitrogen and oxygen atoms in total. The van der Waals surface area contributed by atoms with E-state index in [-0.39, 0.29) is 0 Å². The molecule has 94 valence electrons. The van der Waals surface area contributed by atoms with Crippen LogP contribution in [0.25, 0.3) is 10.6 Å². The molecule has 3 rings (SSSR count). The fourth-order valence-electron chi connectivity index (χ4n) is 1.87. The van der Waals surface area contributed by atoms with E-state index in [1.165, 1.54) is 0 Å². The first-order chi connectivity index (χ1) is 8.86. The van der Waals surface area contributed by atoms with Crippen molar-refractivity contribution in [1.29, 1.82) is 0 Å². The van der Waals surface area contributed by atoms with Gasteiger partial charge in [-0.2, -0.15) is 0 Å². The summed E-state index contributed by atoms with van der Waals surface area (Å²) in [6.07, 6.45) is 1.92. The third-order valence-electron chi connectivity index (χ3n) is 2.81. The quantitative estimate of drug-likeness (QED) is 0.919. The van der Waals surface area contributed by atoms with Gasteiger partial charge in [0.15, 0.2) is 11.5 Å². The molecule has 5 heteroatoms. The molecule has 18 heavy (non-hydrogen) atoms. The van der Waals surface area contributed by atoms with E-state index in [9.17, 15) is 0 Å². The van der Waals surface area contributed by atoms with Crippen LogP contribution >= 0.6 is 11.3 Å². The SMILES string of the molecule is NCCCc1csc(-c2ccc3c(c2)OCO3)n1. The molecule has 0 saturated carbocycles. The van der Waals surface area contributed by atoms with Gasteiger partial charge in [0.2, 0.25) is 6.79 Å². The van der Waals surface area contributed by atoms with Gasteiger partial charge < -0.3 is 15.2 Å². The fraction of sp³-hybridized carbons (Fsp3) is 0.308. The minimum Gasteiger partial charge on any atom is -0.454 e. The lowest BCUT2D eigenvalue weighted by molar-refractivity contribution is 0.174. The zero-order valence-corrected chi connectivity index (χ0v) is 10.7. The smallest absolute Gasteiger partial charge is 0.231 e. The molecule has 2 heterocycles. The standard InChI is InChI=1S/C13H14N2O2S/c14-5-1-2-10-7-18-13(15-10)9-3-4-11-12(6-9)17-8-16-11/h3-4,6-7H,1-2,5,8,14H2. The van der Waals surface area contributed by atoms with Crippen LogP contribution in [0.2, 0.25) is 0 Å². The van der Waals surface area contributed by atoms with Gasteiger partial charge >= 0.3 is 0 Å². The molecule has 0 radical (unpaired) electrons. The Kier molecular flexibility index (Phi) is 3.17. The first-order valence-corrected chi connectivity index (χ1v) is 6.79. The highest BCUT2D eigenvalue weighted by atomic mass is 32.1. The number of aromatic nitrogens is 1. The summed E-state index contributed by atoms with van der Waals surface area (Å²) in [4.78, 5) is 4.61. The molecule has 0 unspecified atom stereocenters. The van der Waals surface area contributed by atoms with Crippen molar-refractivity contribution < 1.29 is 9.47 Å². The monoisotopic (exact) mass is 262 g/mol. The molecule has 0 fully saturated rings. The zero-order valence-electron chi connectivity index (χ0n) is 9.89. The van der Waals surface area contributed by atoms with Crippen molar-refractivity contribution in [3.8, 4) is 22.1 Å². The average molecular weight is 262 g/mol. The Morgan fingerprint density at radius 1 is 1.28 bits per heavy atom. The van der Waals surface area contributed by atoms with Gasteiger partial charge in [0, 0.05) is 10.9 Å². The number of benzene rings is 1. The predicted molar refractivity (Wildman–Crippen MR) is 71.0 cm³/mol. The third-order valence-corrected chi connectivity index (χ3v) is 3.75. The molecular formula is C13H14N2O2S. The van der Waals surface area contributed by atoms with E-state index in [1.807, 2.05) is 18.2 Å². The molecule has 1 aromatic heterocycles. The van der Waals surface area contributed by atoms with Gasteiger partial charge in [-0.1, -0.05) is 0 Å². The summed E-state index contributed by atoms with van der Waals surface area (Å²) in [6, 6.07) is 5.92. The van der Waals surface area contributed by atoms with Crippen LogP contribution in [0, 0.1) is 0 Å². The average Bonchev–Trinajstić information content (AvgIpc) is 3.04. The lowest BCUT2D eigenvalue weighted by Crippen LogP contribution is -2.00.